The van der Waals surface area contributed by atoms with Crippen molar-refractivity contribution in [3.63, 3.8) is 0 Å². The smallest absolute Gasteiger partial charge is 0.295 e. The molecule has 1 atom stereocenters. The Kier molecular flexibility index (Phi) is 8.76. The number of hydrogen-bond donors (Lipinski definition) is 1. The minimum absolute atomic E-state index is 0.0880. The highest BCUT2D eigenvalue weighted by atomic mass is 16.5. The van der Waals surface area contributed by atoms with Crippen molar-refractivity contribution < 1.29 is 33.8 Å². The summed E-state index contributed by atoms with van der Waals surface area (Å²) in [5.41, 5.74) is 0.758. The van der Waals surface area contributed by atoms with Crippen LogP contribution in [0, 0.1) is 0 Å². The number of ether oxygens (including phenoxy) is 3. The molecular weight excluding hydrogens is 448 g/mol. The zero-order valence-electron chi connectivity index (χ0n) is 21.1. The van der Waals surface area contributed by atoms with Crippen LogP contribution in [0.2, 0.25) is 0 Å². The number of carbonyl (C=O) groups is 2. The number of unbranched alkanes of at least 4 members (excludes halogenated alkanes) is 1. The Morgan fingerprint density at radius 2 is 1.77 bits per heavy atom. The van der Waals surface area contributed by atoms with Gasteiger partial charge in [-0.3, -0.25) is 9.59 Å². The molecule has 0 bridgehead atoms. The number of likely N-dealkylation sites (N-methyl/N-ethyl adjacent to an activating group) is 1. The first-order chi connectivity index (χ1) is 16.8. The van der Waals surface area contributed by atoms with Crippen LogP contribution in [0.25, 0.3) is 5.76 Å². The van der Waals surface area contributed by atoms with Crippen LogP contribution in [0.15, 0.2) is 48.0 Å². The van der Waals surface area contributed by atoms with Crippen molar-refractivity contribution in [3.05, 3.63) is 59.2 Å². The fourth-order valence-corrected chi connectivity index (χ4v) is 4.09. The van der Waals surface area contributed by atoms with E-state index in [1.807, 2.05) is 14.1 Å². The predicted molar refractivity (Wildman–Crippen MR) is 130 cm³/mol. The molecule has 2 aromatic rings. The van der Waals surface area contributed by atoms with Crippen LogP contribution in [-0.4, -0.2) is 64.6 Å². The Labute approximate surface area is 206 Å². The number of hydrogen-bond acceptors (Lipinski definition) is 6. The molecule has 1 saturated heterocycles. The first kappa shape index (κ1) is 26.1. The van der Waals surface area contributed by atoms with E-state index in [2.05, 4.69) is 6.92 Å². The average Bonchev–Trinajstić information content (AvgIpc) is 3.11. The largest absolute Gasteiger partial charge is 0.872 e. The number of nitrogens with one attached hydrogen (secondary N) is 1. The number of carbonyl (C=O) groups excluding carboxylic acids is 2. The average molecular weight is 483 g/mol. The van der Waals surface area contributed by atoms with Gasteiger partial charge in [0.25, 0.3) is 5.91 Å². The maximum absolute atomic E-state index is 13.6. The van der Waals surface area contributed by atoms with Crippen molar-refractivity contribution in [1.82, 2.24) is 4.90 Å². The lowest BCUT2D eigenvalue weighted by Gasteiger charge is -2.29. The molecule has 0 radical (unpaired) electrons. The third kappa shape index (κ3) is 5.59. The Hall–Kier alpha value is -3.52. The van der Waals surface area contributed by atoms with Crippen LogP contribution in [0.3, 0.4) is 0 Å². The summed E-state index contributed by atoms with van der Waals surface area (Å²) in [5.74, 6) is -0.482. The van der Waals surface area contributed by atoms with Gasteiger partial charge in [0.2, 0.25) is 5.78 Å². The molecule has 1 aliphatic rings. The van der Waals surface area contributed by atoms with Crippen LogP contribution in [0.5, 0.6) is 17.2 Å². The number of methoxy groups -OCH3 is 2. The summed E-state index contributed by atoms with van der Waals surface area (Å²) in [5, 5.41) is 13.6. The molecule has 1 fully saturated rings. The standard InChI is InChI=1S/C27H34N2O6/c1-6-7-17-35-19-13-11-18(12-14-19)24(30)22-23(20-9-8-10-21(33-4)26(20)34-5)29(16-15-28(2)3)27(32)25(22)31/h8-14,23,30H,6-7,15-17H2,1-5H3. The number of amides is 1. The number of ketones is 1. The highest BCUT2D eigenvalue weighted by Crippen LogP contribution is 2.44. The topological polar surface area (TPSA) is 92.6 Å². The second-order valence-corrected chi connectivity index (χ2v) is 8.74. The van der Waals surface area contributed by atoms with E-state index in [9.17, 15) is 14.7 Å². The first-order valence-corrected chi connectivity index (χ1v) is 11.8. The van der Waals surface area contributed by atoms with Crippen LogP contribution in [0.1, 0.15) is 36.9 Å². The number of likely N-dealkylation sites (tertiary alicyclic amines) is 1. The van der Waals surface area contributed by atoms with E-state index in [1.54, 1.807) is 42.5 Å². The van der Waals surface area contributed by atoms with Gasteiger partial charge < -0.3 is 29.1 Å². The maximum Gasteiger partial charge on any atom is 0.295 e. The zero-order valence-corrected chi connectivity index (χ0v) is 21.1. The molecule has 0 saturated carbocycles. The van der Waals surface area contributed by atoms with E-state index in [0.717, 1.165) is 17.7 Å². The van der Waals surface area contributed by atoms with Gasteiger partial charge in [0, 0.05) is 11.1 Å². The van der Waals surface area contributed by atoms with E-state index in [-0.39, 0.29) is 5.57 Å². The molecule has 188 valence electrons. The molecule has 3 rings (SSSR count). The fraction of sp³-hybridized carbons (Fsp3) is 0.407. The van der Waals surface area contributed by atoms with Gasteiger partial charge in [0.05, 0.1) is 54.1 Å². The summed E-state index contributed by atoms with van der Waals surface area (Å²) in [6.07, 6.45) is 1.95. The van der Waals surface area contributed by atoms with Crippen LogP contribution in [-0.2, 0) is 9.59 Å². The Morgan fingerprint density at radius 1 is 1.06 bits per heavy atom. The molecular formula is C27H34N2O6. The minimum Gasteiger partial charge on any atom is -0.872 e. The Morgan fingerprint density at radius 3 is 2.37 bits per heavy atom. The SMILES string of the molecule is CCCCOc1ccc(C([O-])=C2C(=O)C(=O)N(CC[NH+](C)C)C2c2cccc(OC)c2OC)cc1. The molecule has 35 heavy (non-hydrogen) atoms. The van der Waals surface area contributed by atoms with E-state index < -0.39 is 23.5 Å². The molecule has 0 spiro atoms. The lowest BCUT2D eigenvalue weighted by Crippen LogP contribution is -3.06. The number of rotatable bonds is 11. The lowest BCUT2D eigenvalue weighted by atomic mass is 9.94. The molecule has 1 aliphatic heterocycles. The van der Waals surface area contributed by atoms with Gasteiger partial charge in [0.1, 0.15) is 5.75 Å². The molecule has 1 N–H and O–H groups in total. The number of para-hydroxylation sites is 1. The van der Waals surface area contributed by atoms with Crippen molar-refractivity contribution in [2.24, 2.45) is 0 Å². The van der Waals surface area contributed by atoms with E-state index >= 15 is 0 Å². The van der Waals surface area contributed by atoms with Gasteiger partial charge in [-0.1, -0.05) is 43.4 Å². The monoisotopic (exact) mass is 482 g/mol. The summed E-state index contributed by atoms with van der Waals surface area (Å²) in [6.45, 7) is 3.58. The third-order valence-corrected chi connectivity index (χ3v) is 5.99. The molecule has 1 unspecified atom stereocenters. The second kappa shape index (κ2) is 11.8. The Balaban J connectivity index is 2.11. The van der Waals surface area contributed by atoms with Crippen molar-refractivity contribution in [1.29, 1.82) is 0 Å². The summed E-state index contributed by atoms with van der Waals surface area (Å²) < 4.78 is 16.7. The van der Waals surface area contributed by atoms with Gasteiger partial charge >= 0.3 is 0 Å². The second-order valence-electron chi connectivity index (χ2n) is 8.74. The minimum atomic E-state index is -0.882. The van der Waals surface area contributed by atoms with Gasteiger partial charge in [-0.05, 0) is 30.2 Å². The first-order valence-electron chi connectivity index (χ1n) is 11.8. The van der Waals surface area contributed by atoms with Crippen molar-refractivity contribution >= 4 is 17.4 Å². The number of nitrogens with zero attached hydrogens (tertiary/aromatic N) is 1. The molecule has 1 heterocycles. The Bertz CT molecular complexity index is 1080. The van der Waals surface area contributed by atoms with Crippen molar-refractivity contribution in [2.75, 3.05) is 48.0 Å². The number of quaternary nitrogens is 1. The molecule has 0 aliphatic carbocycles. The summed E-state index contributed by atoms with van der Waals surface area (Å²) >= 11 is 0. The quantitative estimate of drug-likeness (QED) is 0.224. The van der Waals surface area contributed by atoms with E-state index in [1.165, 1.54) is 19.1 Å². The fourth-order valence-electron chi connectivity index (χ4n) is 4.09. The maximum atomic E-state index is 13.6. The summed E-state index contributed by atoms with van der Waals surface area (Å²) in [7, 11) is 6.93. The van der Waals surface area contributed by atoms with Crippen molar-refractivity contribution in [3.8, 4) is 17.2 Å². The normalized spacial score (nSPS) is 17.2. The van der Waals surface area contributed by atoms with Gasteiger partial charge in [-0.2, -0.15) is 0 Å². The van der Waals surface area contributed by atoms with Crippen LogP contribution in [0.4, 0.5) is 0 Å². The van der Waals surface area contributed by atoms with E-state index in [4.69, 9.17) is 14.2 Å². The number of Topliss-reactive ketones (excluding diaryl/α,β-unsaturated/α-hetero) is 1. The predicted octanol–water partition coefficient (Wildman–Crippen LogP) is 1.25. The molecule has 0 aromatic heterocycles. The van der Waals surface area contributed by atoms with E-state index in [0.29, 0.717) is 48.1 Å². The molecule has 2 aromatic carbocycles. The molecule has 8 heteroatoms. The van der Waals surface area contributed by atoms with Gasteiger partial charge in [-0.25, -0.2) is 0 Å². The van der Waals surface area contributed by atoms with Gasteiger partial charge in [0.15, 0.2) is 11.5 Å². The molecule has 8 nitrogen and oxygen atoms in total. The van der Waals surface area contributed by atoms with Crippen LogP contribution >= 0.6 is 0 Å². The summed E-state index contributed by atoms with van der Waals surface area (Å²) in [6, 6.07) is 11.0. The highest BCUT2D eigenvalue weighted by Gasteiger charge is 2.45. The van der Waals surface area contributed by atoms with Gasteiger partial charge in [-0.15, -0.1) is 0 Å². The number of benzene rings is 2. The van der Waals surface area contributed by atoms with Crippen LogP contribution < -0.4 is 24.2 Å². The lowest BCUT2D eigenvalue weighted by molar-refractivity contribution is -0.857. The van der Waals surface area contributed by atoms with Crippen molar-refractivity contribution in [2.45, 2.75) is 25.8 Å². The zero-order chi connectivity index (χ0) is 25.5. The summed E-state index contributed by atoms with van der Waals surface area (Å²) in [4.78, 5) is 28.9. The third-order valence-electron chi connectivity index (χ3n) is 5.99. The highest BCUT2D eigenvalue weighted by molar-refractivity contribution is 6.46. The molecule has 1 amide bonds.